The van der Waals surface area contributed by atoms with Crippen LogP contribution in [0.1, 0.15) is 24.3 Å². The second kappa shape index (κ2) is 5.88. The van der Waals surface area contributed by atoms with Crippen LogP contribution in [-0.2, 0) is 9.53 Å². The summed E-state index contributed by atoms with van der Waals surface area (Å²) in [5, 5.41) is 0. The van der Waals surface area contributed by atoms with E-state index in [0.717, 1.165) is 0 Å². The molecule has 0 fully saturated rings. The summed E-state index contributed by atoms with van der Waals surface area (Å²) in [5.74, 6) is -1.06. The molecule has 0 unspecified atom stereocenters. The van der Waals surface area contributed by atoms with Gasteiger partial charge >= 0.3 is 5.97 Å². The SMILES string of the molecule is CCOC(=O)c1coc(N(CC)CC(N)=O)n1. The van der Waals surface area contributed by atoms with E-state index in [4.69, 9.17) is 14.9 Å². The normalized spacial score (nSPS) is 10.0. The number of hydrogen-bond donors (Lipinski definition) is 1. The highest BCUT2D eigenvalue weighted by atomic mass is 16.5. The number of esters is 1. The molecule has 0 aromatic carbocycles. The molecule has 1 amide bonds. The molecule has 0 aliphatic rings. The second-order valence-corrected chi connectivity index (χ2v) is 3.22. The molecule has 94 valence electrons. The van der Waals surface area contributed by atoms with Gasteiger partial charge in [-0.05, 0) is 13.8 Å². The molecule has 2 N–H and O–H groups in total. The molecule has 7 heteroatoms. The Hall–Kier alpha value is -2.05. The van der Waals surface area contributed by atoms with Crippen LogP contribution in [-0.4, -0.2) is 36.6 Å². The average molecular weight is 241 g/mol. The maximum atomic E-state index is 11.3. The van der Waals surface area contributed by atoms with Gasteiger partial charge in [-0.25, -0.2) is 4.79 Å². The van der Waals surface area contributed by atoms with Crippen molar-refractivity contribution in [3.8, 4) is 0 Å². The third kappa shape index (κ3) is 3.47. The lowest BCUT2D eigenvalue weighted by atomic mass is 10.5. The minimum atomic E-state index is -0.558. The summed E-state index contributed by atoms with van der Waals surface area (Å²) in [6.07, 6.45) is 1.19. The smallest absolute Gasteiger partial charge is 0.360 e. The highest BCUT2D eigenvalue weighted by Gasteiger charge is 2.17. The van der Waals surface area contributed by atoms with E-state index >= 15 is 0 Å². The first-order chi connectivity index (χ1) is 8.08. The molecule has 17 heavy (non-hydrogen) atoms. The predicted octanol–water partition coefficient (Wildman–Crippen LogP) is 0.163. The van der Waals surface area contributed by atoms with Crippen LogP contribution < -0.4 is 10.6 Å². The van der Waals surface area contributed by atoms with Gasteiger partial charge in [0.2, 0.25) is 5.91 Å². The molecule has 0 saturated carbocycles. The van der Waals surface area contributed by atoms with Crippen molar-refractivity contribution < 1.29 is 18.7 Å². The lowest BCUT2D eigenvalue weighted by molar-refractivity contribution is -0.116. The molecule has 0 aliphatic heterocycles. The molecule has 1 aromatic heterocycles. The monoisotopic (exact) mass is 241 g/mol. The first-order valence-electron chi connectivity index (χ1n) is 5.24. The molecule has 1 aromatic rings. The Bertz CT molecular complexity index is 402. The lowest BCUT2D eigenvalue weighted by Crippen LogP contribution is -2.33. The molecule has 0 atom stereocenters. The van der Waals surface area contributed by atoms with Crippen LogP contribution in [0, 0.1) is 0 Å². The fourth-order valence-electron chi connectivity index (χ4n) is 1.21. The zero-order chi connectivity index (χ0) is 12.8. The third-order valence-corrected chi connectivity index (χ3v) is 1.98. The summed E-state index contributed by atoms with van der Waals surface area (Å²) in [6, 6.07) is 0.175. The maximum Gasteiger partial charge on any atom is 0.360 e. The van der Waals surface area contributed by atoms with Gasteiger partial charge < -0.3 is 19.8 Å². The van der Waals surface area contributed by atoms with Gasteiger partial charge in [0, 0.05) is 6.54 Å². The van der Waals surface area contributed by atoms with Gasteiger partial charge in [-0.2, -0.15) is 4.98 Å². The molecule has 1 rings (SSSR count). The van der Waals surface area contributed by atoms with E-state index in [1.807, 2.05) is 6.92 Å². The van der Waals surface area contributed by atoms with Crippen LogP contribution in [0.3, 0.4) is 0 Å². The molecule has 0 saturated heterocycles. The minimum absolute atomic E-state index is 0.0146. The lowest BCUT2D eigenvalue weighted by Gasteiger charge is -2.15. The Morgan fingerprint density at radius 1 is 1.53 bits per heavy atom. The van der Waals surface area contributed by atoms with E-state index < -0.39 is 11.9 Å². The number of amides is 1. The van der Waals surface area contributed by atoms with Crippen molar-refractivity contribution in [1.82, 2.24) is 4.98 Å². The minimum Gasteiger partial charge on any atom is -0.461 e. The number of primary amides is 1. The maximum absolute atomic E-state index is 11.3. The zero-order valence-corrected chi connectivity index (χ0v) is 9.80. The standard InChI is InChI=1S/C10H15N3O4/c1-3-13(5-8(11)14)10-12-7(6-17-10)9(15)16-4-2/h6H,3-5H2,1-2H3,(H2,11,14). The summed E-state index contributed by atoms with van der Waals surface area (Å²) in [7, 11) is 0. The van der Waals surface area contributed by atoms with Gasteiger partial charge in [0.05, 0.1) is 6.61 Å². The number of rotatable bonds is 6. The molecule has 0 radical (unpaired) electrons. The summed E-state index contributed by atoms with van der Waals surface area (Å²) in [5.41, 5.74) is 5.15. The van der Waals surface area contributed by atoms with E-state index in [-0.39, 0.29) is 24.9 Å². The number of nitrogens with zero attached hydrogens (tertiary/aromatic N) is 2. The van der Waals surface area contributed by atoms with Crippen molar-refractivity contribution in [2.75, 3.05) is 24.6 Å². The van der Waals surface area contributed by atoms with Crippen molar-refractivity contribution in [3.63, 3.8) is 0 Å². The topological polar surface area (TPSA) is 98.7 Å². The van der Waals surface area contributed by atoms with Gasteiger partial charge in [-0.3, -0.25) is 4.79 Å². The number of nitrogens with two attached hydrogens (primary N) is 1. The van der Waals surface area contributed by atoms with Gasteiger partial charge in [0.15, 0.2) is 5.69 Å². The Kier molecular flexibility index (Phi) is 4.50. The molecule has 1 heterocycles. The Morgan fingerprint density at radius 3 is 2.76 bits per heavy atom. The van der Waals surface area contributed by atoms with Crippen LogP contribution in [0.15, 0.2) is 10.7 Å². The van der Waals surface area contributed by atoms with Gasteiger partial charge in [-0.15, -0.1) is 0 Å². The number of aromatic nitrogens is 1. The van der Waals surface area contributed by atoms with Gasteiger partial charge in [0.1, 0.15) is 12.8 Å². The highest BCUT2D eigenvalue weighted by molar-refractivity contribution is 5.87. The summed E-state index contributed by atoms with van der Waals surface area (Å²) < 4.78 is 9.86. The van der Waals surface area contributed by atoms with Gasteiger partial charge in [0.25, 0.3) is 6.01 Å². The van der Waals surface area contributed by atoms with E-state index in [1.54, 1.807) is 6.92 Å². The highest BCUT2D eigenvalue weighted by Crippen LogP contribution is 2.13. The van der Waals surface area contributed by atoms with Crippen LogP contribution in [0.5, 0.6) is 0 Å². The van der Waals surface area contributed by atoms with E-state index in [2.05, 4.69) is 4.98 Å². The molecule has 0 spiro atoms. The van der Waals surface area contributed by atoms with Crippen LogP contribution in [0.25, 0.3) is 0 Å². The Balaban J connectivity index is 2.78. The number of likely N-dealkylation sites (N-methyl/N-ethyl adjacent to an activating group) is 1. The van der Waals surface area contributed by atoms with Gasteiger partial charge in [-0.1, -0.05) is 0 Å². The number of carbonyl (C=O) groups is 2. The van der Waals surface area contributed by atoms with Crippen molar-refractivity contribution in [2.45, 2.75) is 13.8 Å². The Labute approximate surface area is 98.5 Å². The first kappa shape index (κ1) is 13.0. The summed E-state index contributed by atoms with van der Waals surface area (Å²) >= 11 is 0. The largest absolute Gasteiger partial charge is 0.461 e. The number of carbonyl (C=O) groups excluding carboxylic acids is 2. The van der Waals surface area contributed by atoms with Crippen molar-refractivity contribution >= 4 is 17.9 Å². The molecule has 0 bridgehead atoms. The van der Waals surface area contributed by atoms with Crippen LogP contribution >= 0.6 is 0 Å². The quantitative estimate of drug-likeness (QED) is 0.712. The first-order valence-corrected chi connectivity index (χ1v) is 5.24. The fourth-order valence-corrected chi connectivity index (χ4v) is 1.21. The molecular formula is C10H15N3O4. The van der Waals surface area contributed by atoms with Crippen molar-refractivity contribution in [1.29, 1.82) is 0 Å². The number of anilines is 1. The van der Waals surface area contributed by atoms with Crippen LogP contribution in [0.2, 0.25) is 0 Å². The summed E-state index contributed by atoms with van der Waals surface area (Å²) in [6.45, 7) is 4.26. The zero-order valence-electron chi connectivity index (χ0n) is 9.80. The average Bonchev–Trinajstić information content (AvgIpc) is 2.75. The summed E-state index contributed by atoms with van der Waals surface area (Å²) in [4.78, 5) is 27.6. The van der Waals surface area contributed by atoms with E-state index in [0.29, 0.717) is 6.54 Å². The van der Waals surface area contributed by atoms with Crippen molar-refractivity contribution in [2.24, 2.45) is 5.73 Å². The van der Waals surface area contributed by atoms with E-state index in [9.17, 15) is 9.59 Å². The predicted molar refractivity (Wildman–Crippen MR) is 59.5 cm³/mol. The molecular weight excluding hydrogens is 226 g/mol. The second-order valence-electron chi connectivity index (χ2n) is 3.22. The number of oxazole rings is 1. The molecule has 7 nitrogen and oxygen atoms in total. The van der Waals surface area contributed by atoms with Crippen molar-refractivity contribution in [3.05, 3.63) is 12.0 Å². The Morgan fingerprint density at radius 2 is 2.24 bits per heavy atom. The molecule has 0 aliphatic carbocycles. The van der Waals surface area contributed by atoms with Crippen LogP contribution in [0.4, 0.5) is 6.01 Å². The fraction of sp³-hybridized carbons (Fsp3) is 0.500. The van der Waals surface area contributed by atoms with E-state index in [1.165, 1.54) is 11.2 Å². The number of ether oxygens (including phenoxy) is 1. The number of hydrogen-bond acceptors (Lipinski definition) is 6. The third-order valence-electron chi connectivity index (χ3n) is 1.98.